The number of rotatable bonds is 8. The summed E-state index contributed by atoms with van der Waals surface area (Å²) < 4.78 is 48.1. The molecule has 3 aliphatic rings. The number of ether oxygens (including phenoxy) is 5. The van der Waals surface area contributed by atoms with Crippen molar-refractivity contribution in [3.63, 3.8) is 0 Å². The van der Waals surface area contributed by atoms with Crippen LogP contribution >= 0.6 is 23.2 Å². The van der Waals surface area contributed by atoms with Crippen LogP contribution in [0.25, 0.3) is 39.2 Å². The molecule has 13 nitrogen and oxygen atoms in total. The number of nitrogens with zero attached hydrogens (tertiary/aromatic N) is 6. The van der Waals surface area contributed by atoms with Gasteiger partial charge < -0.3 is 38.1 Å². The summed E-state index contributed by atoms with van der Waals surface area (Å²) in [5.74, 6) is 3.09. The van der Waals surface area contributed by atoms with Crippen LogP contribution in [-0.4, -0.2) is 107 Å². The highest BCUT2D eigenvalue weighted by Crippen LogP contribution is 2.48. The molecule has 0 radical (unpaired) electrons. The molecule has 1 saturated heterocycles. The Balaban J connectivity index is 0.00000187. The van der Waals surface area contributed by atoms with Gasteiger partial charge in [-0.3, -0.25) is 9.69 Å². The largest absolute Gasteiger partial charge is 0.496 e. The molecule has 4 aromatic carbocycles. The number of hydrogen-bond donors (Lipinski definition) is 1. The quantitative estimate of drug-likeness (QED) is 0.146. The van der Waals surface area contributed by atoms with Gasteiger partial charge in [0.25, 0.3) is 6.47 Å². The second-order valence-corrected chi connectivity index (χ2v) is 16.3. The van der Waals surface area contributed by atoms with Gasteiger partial charge in [-0.25, -0.2) is 19.3 Å². The lowest BCUT2D eigenvalue weighted by Gasteiger charge is -2.34. The van der Waals surface area contributed by atoms with E-state index in [9.17, 15) is 4.39 Å². The van der Waals surface area contributed by atoms with Gasteiger partial charge in [0.2, 0.25) is 5.88 Å². The molecule has 0 spiro atoms. The Morgan fingerprint density at radius 2 is 1.69 bits per heavy atom. The van der Waals surface area contributed by atoms with Crippen LogP contribution in [0.1, 0.15) is 16.8 Å². The van der Waals surface area contributed by atoms with Crippen LogP contribution in [-0.2, 0) is 17.8 Å². The lowest BCUT2D eigenvalue weighted by atomic mass is 9.94. The minimum Gasteiger partial charge on any atom is -0.496 e. The van der Waals surface area contributed by atoms with Crippen molar-refractivity contribution < 1.29 is 38.0 Å². The van der Waals surface area contributed by atoms with Crippen LogP contribution < -0.4 is 23.7 Å². The van der Waals surface area contributed by atoms with Crippen LogP contribution in [0.2, 0.25) is 10.2 Å². The van der Waals surface area contributed by atoms with Crippen LogP contribution in [0.4, 0.5) is 4.39 Å². The van der Waals surface area contributed by atoms with E-state index in [1.807, 2.05) is 72.0 Å². The number of carbonyl (C=O) groups is 1. The van der Waals surface area contributed by atoms with Gasteiger partial charge in [0.15, 0.2) is 5.82 Å². The van der Waals surface area contributed by atoms with Gasteiger partial charge in [0.1, 0.15) is 58.8 Å². The Kier molecular flexibility index (Phi) is 14.3. The Labute approximate surface area is 385 Å². The number of benzene rings is 4. The molecule has 3 aromatic heterocycles. The van der Waals surface area contributed by atoms with Gasteiger partial charge in [-0.15, -0.1) is 0 Å². The molecule has 3 aliphatic heterocycles. The Morgan fingerprint density at radius 1 is 0.908 bits per heavy atom. The Bertz CT molecular complexity index is 2780. The van der Waals surface area contributed by atoms with Crippen molar-refractivity contribution in [2.24, 2.45) is 0 Å². The van der Waals surface area contributed by atoms with Crippen molar-refractivity contribution in [1.82, 2.24) is 29.2 Å². The summed E-state index contributed by atoms with van der Waals surface area (Å²) in [6.07, 6.45) is 5.25. The zero-order valence-electron chi connectivity index (χ0n) is 36.0. The third-order valence-corrected chi connectivity index (χ3v) is 12.2. The highest BCUT2D eigenvalue weighted by Gasteiger charge is 2.28. The van der Waals surface area contributed by atoms with Crippen LogP contribution in [0, 0.1) is 12.7 Å². The van der Waals surface area contributed by atoms with E-state index in [1.165, 1.54) is 12.1 Å². The monoisotopic (exact) mass is 920 g/mol. The van der Waals surface area contributed by atoms with Gasteiger partial charge in [-0.05, 0) is 85.3 Å². The van der Waals surface area contributed by atoms with Crippen molar-refractivity contribution in [3.8, 4) is 62.5 Å². The molecule has 0 amide bonds. The van der Waals surface area contributed by atoms with Crippen molar-refractivity contribution >= 4 is 35.2 Å². The summed E-state index contributed by atoms with van der Waals surface area (Å²) in [5, 5.41) is 7.77. The van der Waals surface area contributed by atoms with E-state index in [-0.39, 0.29) is 38.2 Å². The summed E-state index contributed by atoms with van der Waals surface area (Å²) in [5.41, 5.74) is 6.75. The number of carboxylic acid groups (broad SMARTS) is 1. The minimum atomic E-state index is -0.356. The number of aromatic nitrogens is 4. The number of hydrogen-bond acceptors (Lipinski definition) is 11. The molecule has 1 fully saturated rings. The number of methoxy groups -OCH3 is 1. The lowest BCUT2D eigenvalue weighted by molar-refractivity contribution is -0.122. The number of para-hydroxylation sites is 1. The average molecular weight is 922 g/mol. The van der Waals surface area contributed by atoms with E-state index in [2.05, 4.69) is 21.8 Å². The van der Waals surface area contributed by atoms with E-state index < -0.39 is 0 Å². The third kappa shape index (κ3) is 10.1. The molecule has 7 aromatic rings. The van der Waals surface area contributed by atoms with Crippen LogP contribution in [0.15, 0.2) is 104 Å². The first-order valence-corrected chi connectivity index (χ1v) is 21.8. The molecule has 0 aliphatic carbocycles. The normalized spacial score (nSPS) is 15.4. The predicted molar refractivity (Wildman–Crippen MR) is 247 cm³/mol. The zero-order valence-corrected chi connectivity index (χ0v) is 37.6. The zero-order chi connectivity index (χ0) is 45.5. The number of likely N-dealkylation sites (N-methyl/N-ethyl adjacent to an activating group) is 1. The second kappa shape index (κ2) is 20.6. The maximum absolute atomic E-state index is 14.3. The van der Waals surface area contributed by atoms with Crippen molar-refractivity contribution in [2.75, 3.05) is 60.1 Å². The first kappa shape index (κ1) is 45.1. The highest BCUT2D eigenvalue weighted by atomic mass is 35.5. The summed E-state index contributed by atoms with van der Waals surface area (Å²) in [7, 11) is 3.77. The summed E-state index contributed by atoms with van der Waals surface area (Å²) in [6, 6.07) is 25.4. The summed E-state index contributed by atoms with van der Waals surface area (Å²) in [4.78, 5) is 27.1. The fraction of sp³-hybridized carbons (Fsp3) is 0.265. The topological polar surface area (TPSA) is 133 Å². The van der Waals surface area contributed by atoms with Crippen LogP contribution in [0.3, 0.4) is 0 Å². The molecular formula is C49H47Cl2FN6O7. The third-order valence-electron chi connectivity index (χ3n) is 11.4. The Morgan fingerprint density at radius 3 is 2.48 bits per heavy atom. The number of piperazine rings is 1. The number of halogens is 3. The lowest BCUT2D eigenvalue weighted by Crippen LogP contribution is -2.49. The van der Waals surface area contributed by atoms with E-state index in [0.29, 0.717) is 74.6 Å². The molecule has 10 rings (SSSR count). The smallest absolute Gasteiger partial charge is 0.290 e. The molecule has 4 bridgehead atoms. The van der Waals surface area contributed by atoms with E-state index in [1.54, 1.807) is 37.8 Å². The van der Waals surface area contributed by atoms with Gasteiger partial charge in [-0.2, -0.15) is 0 Å². The second-order valence-electron chi connectivity index (χ2n) is 15.5. The summed E-state index contributed by atoms with van der Waals surface area (Å²) >= 11 is 14.5. The van der Waals surface area contributed by atoms with Gasteiger partial charge in [0, 0.05) is 74.4 Å². The standard InChI is InChI=1S/C48H45Cl2FN6O5.CH2O2/c1-30-37-13-15-41(44(30)49)62-36(27-56-23-21-55(2)22-24-56)29-60-35-12-14-39(61-28-34-16-18-52-47(54-34)38-6-4-5-7-40(38)58-3)32(26-35)17-25-59-48-45-43(37)42(31-8-10-33(51)11-9-31)46(50)57(45)20-19-53-48;2-1-3/h4-16,18-20,26,36H,17,21-25,27-29H2,1-3H3;1H,(H,2,3)/t36-;/m1./s1. The van der Waals surface area contributed by atoms with Gasteiger partial charge in [-0.1, -0.05) is 53.5 Å². The molecule has 16 heteroatoms. The van der Waals surface area contributed by atoms with Crippen LogP contribution in [0.5, 0.6) is 28.9 Å². The fourth-order valence-electron chi connectivity index (χ4n) is 8.05. The average Bonchev–Trinajstić information content (AvgIpc) is 3.62. The SMILES string of the molecule is COc1ccccc1-c1nccc(COc2ccc3cc2CCOc2nccn4c(Cl)c(-c5ccc(F)cc5)c(c24)-c2ccc(c(Cl)c2C)O[C@H](CN2CCN(C)CC2)CO3)n1.O=CO. The number of fused-ring (bicyclic) bond motifs is 7. The molecule has 0 unspecified atom stereocenters. The molecule has 65 heavy (non-hydrogen) atoms. The molecule has 1 N–H and O–H groups in total. The first-order valence-electron chi connectivity index (χ1n) is 21.0. The molecule has 6 heterocycles. The van der Waals surface area contributed by atoms with E-state index in [4.69, 9.17) is 66.8 Å². The molecule has 1 atom stereocenters. The molecule has 336 valence electrons. The maximum atomic E-state index is 14.3. The van der Waals surface area contributed by atoms with E-state index in [0.717, 1.165) is 59.6 Å². The fourth-order valence-corrected chi connectivity index (χ4v) is 8.60. The highest BCUT2D eigenvalue weighted by molar-refractivity contribution is 6.35. The minimum absolute atomic E-state index is 0.191. The van der Waals surface area contributed by atoms with E-state index >= 15 is 0 Å². The van der Waals surface area contributed by atoms with Crippen molar-refractivity contribution in [1.29, 1.82) is 0 Å². The molecule has 0 saturated carbocycles. The van der Waals surface area contributed by atoms with Gasteiger partial charge in [0.05, 0.1) is 30.0 Å². The summed E-state index contributed by atoms with van der Waals surface area (Å²) in [6.45, 7) is 6.81. The van der Waals surface area contributed by atoms with Crippen molar-refractivity contribution in [2.45, 2.75) is 26.1 Å². The Hall–Kier alpha value is -6.45. The predicted octanol–water partition coefficient (Wildman–Crippen LogP) is 9.18. The van der Waals surface area contributed by atoms with Crippen molar-refractivity contribution in [3.05, 3.63) is 136 Å². The first-order chi connectivity index (χ1) is 31.6. The molecular weight excluding hydrogens is 874 g/mol. The maximum Gasteiger partial charge on any atom is 0.290 e. The van der Waals surface area contributed by atoms with Gasteiger partial charge >= 0.3 is 0 Å².